The summed E-state index contributed by atoms with van der Waals surface area (Å²) in [6, 6.07) is 7.20. The van der Waals surface area contributed by atoms with Gasteiger partial charge in [-0.2, -0.15) is 5.10 Å². The lowest BCUT2D eigenvalue weighted by Crippen LogP contribution is -2.19. The standard InChI is InChI=1S/C17H16ClN5O2/c1-19-17(24)13-8-20-14(18)7-12(13)10-5-4-6-11(15(10)25-3)16-21-9-23(2)22-16/h4-9H,1-3H3,(H,19,24). The van der Waals surface area contributed by atoms with Gasteiger partial charge in [0.05, 0.1) is 18.2 Å². The molecule has 0 aliphatic carbocycles. The smallest absolute Gasteiger partial charge is 0.253 e. The van der Waals surface area contributed by atoms with Gasteiger partial charge in [0, 0.05) is 31.4 Å². The Morgan fingerprint density at radius 1 is 1.24 bits per heavy atom. The summed E-state index contributed by atoms with van der Waals surface area (Å²) in [6.45, 7) is 0. The van der Waals surface area contributed by atoms with Crippen LogP contribution < -0.4 is 10.1 Å². The summed E-state index contributed by atoms with van der Waals surface area (Å²) in [5.41, 5.74) is 2.44. The van der Waals surface area contributed by atoms with Crippen molar-refractivity contribution in [2.45, 2.75) is 0 Å². The van der Waals surface area contributed by atoms with Crippen molar-refractivity contribution in [3.05, 3.63) is 47.5 Å². The van der Waals surface area contributed by atoms with Crippen molar-refractivity contribution >= 4 is 17.5 Å². The van der Waals surface area contributed by atoms with Gasteiger partial charge in [-0.15, -0.1) is 0 Å². The van der Waals surface area contributed by atoms with Gasteiger partial charge in [-0.1, -0.05) is 23.7 Å². The van der Waals surface area contributed by atoms with Crippen LogP contribution in [0.15, 0.2) is 36.8 Å². The highest BCUT2D eigenvalue weighted by molar-refractivity contribution is 6.29. The lowest BCUT2D eigenvalue weighted by Gasteiger charge is -2.15. The summed E-state index contributed by atoms with van der Waals surface area (Å²) >= 11 is 6.06. The maximum absolute atomic E-state index is 12.2. The normalized spacial score (nSPS) is 10.6. The Kier molecular flexibility index (Phi) is 4.67. The summed E-state index contributed by atoms with van der Waals surface area (Å²) in [7, 11) is 4.92. The third-order valence-electron chi connectivity index (χ3n) is 3.69. The molecule has 0 bridgehead atoms. The number of hydrogen-bond acceptors (Lipinski definition) is 5. The fourth-order valence-corrected chi connectivity index (χ4v) is 2.73. The molecular weight excluding hydrogens is 342 g/mol. The number of aromatic nitrogens is 4. The molecule has 1 aromatic carbocycles. The number of benzene rings is 1. The fraction of sp³-hybridized carbons (Fsp3) is 0.176. The van der Waals surface area contributed by atoms with E-state index in [-0.39, 0.29) is 11.1 Å². The number of hydrogen-bond donors (Lipinski definition) is 1. The predicted octanol–water partition coefficient (Wildman–Crippen LogP) is 2.57. The number of carbonyl (C=O) groups is 1. The number of ether oxygens (including phenoxy) is 1. The van der Waals surface area contributed by atoms with E-state index in [0.29, 0.717) is 28.3 Å². The van der Waals surface area contributed by atoms with Gasteiger partial charge < -0.3 is 10.1 Å². The average Bonchev–Trinajstić information content (AvgIpc) is 3.06. The molecule has 0 radical (unpaired) electrons. The first-order chi connectivity index (χ1) is 12.0. The van der Waals surface area contributed by atoms with Crippen LogP contribution in [0.25, 0.3) is 22.5 Å². The van der Waals surface area contributed by atoms with Crippen LogP contribution in [0.2, 0.25) is 5.15 Å². The number of aryl methyl sites for hydroxylation is 1. The van der Waals surface area contributed by atoms with Crippen LogP contribution >= 0.6 is 11.6 Å². The number of methoxy groups -OCH3 is 1. The van der Waals surface area contributed by atoms with Crippen LogP contribution in [0.5, 0.6) is 5.75 Å². The minimum Gasteiger partial charge on any atom is -0.495 e. The number of amides is 1. The zero-order chi connectivity index (χ0) is 18.0. The maximum atomic E-state index is 12.2. The number of para-hydroxylation sites is 1. The second kappa shape index (κ2) is 6.90. The number of nitrogens with one attached hydrogen (secondary N) is 1. The Balaban J connectivity index is 2.25. The third kappa shape index (κ3) is 3.18. The first-order valence-electron chi connectivity index (χ1n) is 7.46. The third-order valence-corrected chi connectivity index (χ3v) is 3.90. The zero-order valence-corrected chi connectivity index (χ0v) is 14.7. The minimum absolute atomic E-state index is 0.261. The highest BCUT2D eigenvalue weighted by Gasteiger charge is 2.20. The zero-order valence-electron chi connectivity index (χ0n) is 13.9. The first-order valence-corrected chi connectivity index (χ1v) is 7.84. The number of rotatable bonds is 4. The summed E-state index contributed by atoms with van der Waals surface area (Å²) in [5, 5.41) is 7.21. The highest BCUT2D eigenvalue weighted by Crippen LogP contribution is 2.39. The molecule has 0 saturated carbocycles. The van der Waals surface area contributed by atoms with Crippen LogP contribution in [0.4, 0.5) is 0 Å². The van der Waals surface area contributed by atoms with Crippen molar-refractivity contribution < 1.29 is 9.53 Å². The van der Waals surface area contributed by atoms with Crippen LogP contribution in [-0.4, -0.2) is 39.8 Å². The predicted molar refractivity (Wildman–Crippen MR) is 94.6 cm³/mol. The van der Waals surface area contributed by atoms with Crippen molar-refractivity contribution in [1.29, 1.82) is 0 Å². The molecule has 25 heavy (non-hydrogen) atoms. The van der Waals surface area contributed by atoms with E-state index in [1.165, 1.54) is 6.20 Å². The molecule has 0 spiro atoms. The van der Waals surface area contributed by atoms with Crippen molar-refractivity contribution in [3.63, 3.8) is 0 Å². The lowest BCUT2D eigenvalue weighted by atomic mass is 9.97. The Labute approximate surface area is 149 Å². The Hall–Kier alpha value is -2.93. The number of carbonyl (C=O) groups excluding carboxylic acids is 1. The highest BCUT2D eigenvalue weighted by atomic mass is 35.5. The number of nitrogens with zero attached hydrogens (tertiary/aromatic N) is 4. The SMILES string of the molecule is CNC(=O)c1cnc(Cl)cc1-c1cccc(-c2ncn(C)n2)c1OC. The van der Waals surface area contributed by atoms with E-state index >= 15 is 0 Å². The maximum Gasteiger partial charge on any atom is 0.253 e. The molecule has 1 N–H and O–H groups in total. The van der Waals surface area contributed by atoms with Gasteiger partial charge in [0.2, 0.25) is 0 Å². The van der Waals surface area contributed by atoms with Crippen LogP contribution in [0.3, 0.4) is 0 Å². The molecular formula is C17H16ClN5O2. The summed E-state index contributed by atoms with van der Waals surface area (Å²) < 4.78 is 7.23. The molecule has 2 aromatic heterocycles. The van der Waals surface area contributed by atoms with Gasteiger partial charge in [-0.3, -0.25) is 9.48 Å². The molecule has 128 valence electrons. The van der Waals surface area contributed by atoms with E-state index < -0.39 is 0 Å². The number of halogens is 1. The molecule has 0 aliphatic rings. The minimum atomic E-state index is -0.261. The van der Waals surface area contributed by atoms with E-state index in [2.05, 4.69) is 20.4 Å². The van der Waals surface area contributed by atoms with Crippen molar-refractivity contribution in [2.24, 2.45) is 7.05 Å². The van der Waals surface area contributed by atoms with Crippen LogP contribution in [-0.2, 0) is 7.05 Å². The lowest BCUT2D eigenvalue weighted by molar-refractivity contribution is 0.0963. The van der Waals surface area contributed by atoms with Crippen molar-refractivity contribution in [1.82, 2.24) is 25.1 Å². The van der Waals surface area contributed by atoms with E-state index in [9.17, 15) is 4.79 Å². The van der Waals surface area contributed by atoms with E-state index in [4.69, 9.17) is 16.3 Å². The van der Waals surface area contributed by atoms with Gasteiger partial charge >= 0.3 is 0 Å². The molecule has 0 aliphatic heterocycles. The monoisotopic (exact) mass is 357 g/mol. The van der Waals surface area contributed by atoms with Gasteiger partial charge in [0.25, 0.3) is 5.91 Å². The molecule has 2 heterocycles. The Morgan fingerprint density at radius 2 is 2.00 bits per heavy atom. The quantitative estimate of drug-likeness (QED) is 0.726. The van der Waals surface area contributed by atoms with Gasteiger partial charge in [-0.05, 0) is 12.1 Å². The summed E-state index contributed by atoms with van der Waals surface area (Å²) in [6.07, 6.45) is 3.06. The van der Waals surface area contributed by atoms with Crippen LogP contribution in [0, 0.1) is 0 Å². The summed E-state index contributed by atoms with van der Waals surface area (Å²) in [4.78, 5) is 20.5. The largest absolute Gasteiger partial charge is 0.495 e. The van der Waals surface area contributed by atoms with Gasteiger partial charge in [0.1, 0.15) is 17.2 Å². The van der Waals surface area contributed by atoms with Gasteiger partial charge in [-0.25, -0.2) is 9.97 Å². The molecule has 0 saturated heterocycles. The number of pyridine rings is 1. The second-order valence-corrected chi connectivity index (χ2v) is 5.65. The van der Waals surface area contributed by atoms with Gasteiger partial charge in [0.15, 0.2) is 5.82 Å². The molecule has 0 fully saturated rings. The summed E-state index contributed by atoms with van der Waals surface area (Å²) in [5.74, 6) is 0.826. The van der Waals surface area contributed by atoms with E-state index in [1.54, 1.807) is 38.3 Å². The van der Waals surface area contributed by atoms with Crippen LogP contribution in [0.1, 0.15) is 10.4 Å². The molecule has 3 aromatic rings. The Morgan fingerprint density at radius 3 is 2.64 bits per heavy atom. The van der Waals surface area contributed by atoms with E-state index in [1.807, 2.05) is 18.2 Å². The second-order valence-electron chi connectivity index (χ2n) is 5.26. The molecule has 3 rings (SSSR count). The molecule has 8 heteroatoms. The first kappa shape index (κ1) is 16.9. The van der Waals surface area contributed by atoms with Crippen molar-refractivity contribution in [2.75, 3.05) is 14.2 Å². The fourth-order valence-electron chi connectivity index (χ4n) is 2.58. The average molecular weight is 358 g/mol. The topological polar surface area (TPSA) is 81.9 Å². The molecule has 0 atom stereocenters. The molecule has 7 nitrogen and oxygen atoms in total. The molecule has 0 unspecified atom stereocenters. The Bertz CT molecular complexity index is 939. The van der Waals surface area contributed by atoms with Crippen molar-refractivity contribution in [3.8, 4) is 28.3 Å². The van der Waals surface area contributed by atoms with E-state index in [0.717, 1.165) is 5.56 Å². The molecule has 1 amide bonds.